The number of anilines is 1. The van der Waals surface area contributed by atoms with Crippen molar-refractivity contribution in [3.63, 3.8) is 0 Å². The van der Waals surface area contributed by atoms with Crippen LogP contribution in [0.25, 0.3) is 10.9 Å². The summed E-state index contributed by atoms with van der Waals surface area (Å²) in [5.74, 6) is 0.980. The highest BCUT2D eigenvalue weighted by Gasteiger charge is 2.19. The van der Waals surface area contributed by atoms with Gasteiger partial charge in [0.2, 0.25) is 17.7 Å². The van der Waals surface area contributed by atoms with Gasteiger partial charge < -0.3 is 19.9 Å². The maximum atomic E-state index is 12.3. The highest BCUT2D eigenvalue weighted by atomic mass is 16.5. The van der Waals surface area contributed by atoms with Gasteiger partial charge in [0, 0.05) is 36.1 Å². The van der Waals surface area contributed by atoms with Crippen LogP contribution in [0.4, 0.5) is 5.69 Å². The third kappa shape index (κ3) is 4.14. The first-order chi connectivity index (χ1) is 13.7. The van der Waals surface area contributed by atoms with Crippen LogP contribution in [0.2, 0.25) is 0 Å². The number of benzene rings is 1. The number of fused-ring (bicyclic) bond motifs is 1. The second kappa shape index (κ2) is 8.12. The average Bonchev–Trinajstić information content (AvgIpc) is 3.09. The number of rotatable bonds is 5. The lowest BCUT2D eigenvalue weighted by Crippen LogP contribution is -2.37. The summed E-state index contributed by atoms with van der Waals surface area (Å²) in [7, 11) is 0. The van der Waals surface area contributed by atoms with E-state index in [1.165, 1.54) is 0 Å². The molecule has 2 amide bonds. The van der Waals surface area contributed by atoms with Crippen molar-refractivity contribution in [3.8, 4) is 11.6 Å². The Morgan fingerprint density at radius 2 is 2.11 bits per heavy atom. The van der Waals surface area contributed by atoms with Crippen molar-refractivity contribution < 1.29 is 14.3 Å². The molecule has 2 aromatic heterocycles. The lowest BCUT2D eigenvalue weighted by Gasteiger charge is -2.19. The molecule has 3 aromatic rings. The fourth-order valence-electron chi connectivity index (χ4n) is 3.35. The first-order valence-corrected chi connectivity index (χ1v) is 9.47. The number of pyridine rings is 1. The summed E-state index contributed by atoms with van der Waals surface area (Å²) >= 11 is 0. The summed E-state index contributed by atoms with van der Waals surface area (Å²) in [6, 6.07) is 11.2. The number of carbonyl (C=O) groups excluding carboxylic acids is 2. The van der Waals surface area contributed by atoms with Crippen LogP contribution >= 0.6 is 0 Å². The number of nitrogens with one attached hydrogen (secondary N) is 2. The van der Waals surface area contributed by atoms with Crippen molar-refractivity contribution in [2.24, 2.45) is 0 Å². The van der Waals surface area contributed by atoms with E-state index in [0.29, 0.717) is 30.3 Å². The maximum Gasteiger partial charge on any atom is 0.244 e. The predicted molar refractivity (Wildman–Crippen MR) is 106 cm³/mol. The van der Waals surface area contributed by atoms with Crippen LogP contribution in [-0.4, -0.2) is 39.8 Å². The Morgan fingerprint density at radius 1 is 1.18 bits per heavy atom. The minimum atomic E-state index is -0.220. The molecule has 28 heavy (non-hydrogen) atoms. The summed E-state index contributed by atoms with van der Waals surface area (Å²) in [6.45, 7) is 0.717. The molecular formula is C21H22N4O3. The lowest BCUT2D eigenvalue weighted by molar-refractivity contribution is -0.134. The van der Waals surface area contributed by atoms with Crippen LogP contribution in [0.5, 0.6) is 11.6 Å². The summed E-state index contributed by atoms with van der Waals surface area (Å²) in [4.78, 5) is 33.3. The number of likely N-dealkylation sites (tertiary alicyclic amines) is 1. The summed E-state index contributed by atoms with van der Waals surface area (Å²) in [5.41, 5.74) is 1.56. The number of aromatic nitrogens is 2. The zero-order chi connectivity index (χ0) is 19.3. The Balaban J connectivity index is 1.37. The number of nitrogens with zero attached hydrogens (tertiary/aromatic N) is 2. The van der Waals surface area contributed by atoms with E-state index in [0.717, 1.165) is 30.2 Å². The molecule has 2 N–H and O–H groups in total. The Morgan fingerprint density at radius 3 is 2.96 bits per heavy atom. The molecule has 4 rings (SSSR count). The quantitative estimate of drug-likeness (QED) is 0.709. The zero-order valence-electron chi connectivity index (χ0n) is 15.5. The van der Waals surface area contributed by atoms with Crippen LogP contribution in [0.15, 0.2) is 48.8 Å². The number of amides is 2. The van der Waals surface area contributed by atoms with E-state index in [-0.39, 0.29) is 18.4 Å². The second-order valence-corrected chi connectivity index (χ2v) is 6.86. The van der Waals surface area contributed by atoms with E-state index >= 15 is 0 Å². The number of ether oxygens (including phenoxy) is 1. The van der Waals surface area contributed by atoms with Crippen molar-refractivity contribution in [2.75, 3.05) is 18.4 Å². The molecule has 0 unspecified atom stereocenters. The molecule has 1 fully saturated rings. The Labute approximate surface area is 162 Å². The zero-order valence-corrected chi connectivity index (χ0v) is 15.5. The fourth-order valence-corrected chi connectivity index (χ4v) is 3.35. The van der Waals surface area contributed by atoms with Gasteiger partial charge in [-0.15, -0.1) is 0 Å². The van der Waals surface area contributed by atoms with Gasteiger partial charge in [-0.05, 0) is 37.1 Å². The van der Waals surface area contributed by atoms with Crippen molar-refractivity contribution in [3.05, 3.63) is 48.8 Å². The van der Waals surface area contributed by atoms with Crippen molar-refractivity contribution in [2.45, 2.75) is 25.7 Å². The van der Waals surface area contributed by atoms with E-state index < -0.39 is 0 Å². The van der Waals surface area contributed by atoms with E-state index in [2.05, 4.69) is 15.3 Å². The lowest BCUT2D eigenvalue weighted by atomic mass is 10.2. The van der Waals surface area contributed by atoms with Crippen LogP contribution < -0.4 is 10.1 Å². The third-order valence-corrected chi connectivity index (χ3v) is 4.80. The second-order valence-electron chi connectivity index (χ2n) is 6.86. The Kier molecular flexibility index (Phi) is 5.23. The number of aromatic amines is 1. The molecule has 0 saturated carbocycles. The minimum absolute atomic E-state index is 0.0495. The first kappa shape index (κ1) is 18.0. The van der Waals surface area contributed by atoms with Crippen LogP contribution in [0.1, 0.15) is 25.7 Å². The molecule has 0 spiro atoms. The van der Waals surface area contributed by atoms with Crippen LogP contribution in [0, 0.1) is 0 Å². The summed E-state index contributed by atoms with van der Waals surface area (Å²) < 4.78 is 5.86. The monoisotopic (exact) mass is 378 g/mol. The smallest absolute Gasteiger partial charge is 0.244 e. The molecule has 1 aromatic carbocycles. The Bertz CT molecular complexity index is 981. The Hall–Kier alpha value is -3.35. The molecule has 0 aliphatic carbocycles. The standard InChI is InChI=1S/C21H22N4O3/c26-19(14-25-12-3-1-2-7-21(25)27)24-15-8-9-20(23-13-15)28-18-6-4-5-17-16(18)10-11-22-17/h4-6,8-11,13,22H,1-3,7,12,14H2,(H,24,26). The van der Waals surface area contributed by atoms with Gasteiger partial charge in [0.15, 0.2) is 0 Å². The highest BCUT2D eigenvalue weighted by Crippen LogP contribution is 2.28. The molecule has 0 radical (unpaired) electrons. The van der Waals surface area contributed by atoms with Gasteiger partial charge in [-0.3, -0.25) is 9.59 Å². The van der Waals surface area contributed by atoms with E-state index in [4.69, 9.17) is 4.74 Å². The van der Waals surface area contributed by atoms with E-state index in [1.54, 1.807) is 23.2 Å². The van der Waals surface area contributed by atoms with Crippen LogP contribution in [-0.2, 0) is 9.59 Å². The number of hydrogen-bond donors (Lipinski definition) is 2. The molecule has 144 valence electrons. The number of hydrogen-bond acceptors (Lipinski definition) is 4. The van der Waals surface area contributed by atoms with E-state index in [9.17, 15) is 9.59 Å². The molecule has 1 aliphatic rings. The highest BCUT2D eigenvalue weighted by molar-refractivity contribution is 5.94. The van der Waals surface area contributed by atoms with Crippen molar-refractivity contribution in [1.29, 1.82) is 0 Å². The van der Waals surface area contributed by atoms with Crippen molar-refractivity contribution in [1.82, 2.24) is 14.9 Å². The van der Waals surface area contributed by atoms with Gasteiger partial charge in [0.25, 0.3) is 0 Å². The molecule has 0 atom stereocenters. The SMILES string of the molecule is O=C(CN1CCCCCC1=O)Nc1ccc(Oc2cccc3[nH]ccc23)nc1. The summed E-state index contributed by atoms with van der Waals surface area (Å²) in [5, 5.41) is 3.77. The van der Waals surface area contributed by atoms with E-state index in [1.807, 2.05) is 30.5 Å². The molecule has 7 heteroatoms. The summed E-state index contributed by atoms with van der Waals surface area (Å²) in [6.07, 6.45) is 6.81. The van der Waals surface area contributed by atoms with Gasteiger partial charge in [-0.1, -0.05) is 12.5 Å². The maximum absolute atomic E-state index is 12.3. The van der Waals surface area contributed by atoms with Gasteiger partial charge >= 0.3 is 0 Å². The molecule has 3 heterocycles. The van der Waals surface area contributed by atoms with Gasteiger partial charge in [-0.2, -0.15) is 0 Å². The van der Waals surface area contributed by atoms with Gasteiger partial charge in [0.05, 0.1) is 18.4 Å². The van der Waals surface area contributed by atoms with Crippen molar-refractivity contribution >= 4 is 28.4 Å². The molecule has 0 bridgehead atoms. The normalized spacial score (nSPS) is 14.7. The topological polar surface area (TPSA) is 87.3 Å². The third-order valence-electron chi connectivity index (χ3n) is 4.80. The average molecular weight is 378 g/mol. The fraction of sp³-hybridized carbons (Fsp3) is 0.286. The number of carbonyl (C=O) groups is 2. The molecule has 7 nitrogen and oxygen atoms in total. The molecule has 1 aliphatic heterocycles. The van der Waals surface area contributed by atoms with Gasteiger partial charge in [0.1, 0.15) is 5.75 Å². The van der Waals surface area contributed by atoms with Crippen LogP contribution in [0.3, 0.4) is 0 Å². The first-order valence-electron chi connectivity index (χ1n) is 9.47. The largest absolute Gasteiger partial charge is 0.438 e. The van der Waals surface area contributed by atoms with Gasteiger partial charge in [-0.25, -0.2) is 4.98 Å². The predicted octanol–water partition coefficient (Wildman–Crippen LogP) is 3.70. The minimum Gasteiger partial charge on any atom is -0.438 e. The molecular weight excluding hydrogens is 356 g/mol. The molecule has 1 saturated heterocycles. The number of H-pyrrole nitrogens is 1.